The van der Waals surface area contributed by atoms with Crippen LogP contribution in [-0.4, -0.2) is 23.1 Å². The van der Waals surface area contributed by atoms with Gasteiger partial charge in [-0.3, -0.25) is 9.59 Å². The first kappa shape index (κ1) is 22.1. The summed E-state index contributed by atoms with van der Waals surface area (Å²) in [5.74, 6) is 10.2. The van der Waals surface area contributed by atoms with Crippen molar-refractivity contribution in [2.75, 3.05) is 0 Å². The highest BCUT2D eigenvalue weighted by atomic mass is 16.5. The van der Waals surface area contributed by atoms with Gasteiger partial charge in [-0.2, -0.15) is 0 Å². The summed E-state index contributed by atoms with van der Waals surface area (Å²) in [7, 11) is 0. The van der Waals surface area contributed by atoms with Gasteiger partial charge in [0.05, 0.1) is 0 Å². The van der Waals surface area contributed by atoms with Crippen molar-refractivity contribution in [3.8, 4) is 23.7 Å². The van der Waals surface area contributed by atoms with Crippen LogP contribution in [0.4, 0.5) is 0 Å². The monoisotopic (exact) mass is 334 g/mol. The quantitative estimate of drug-likeness (QED) is 0.328. The van der Waals surface area contributed by atoms with E-state index in [9.17, 15) is 9.59 Å². The first-order valence-electron chi connectivity index (χ1n) is 8.93. The number of esters is 1. The molecular weight excluding hydrogens is 304 g/mol. The molecule has 0 radical (unpaired) electrons. The standard InChI is InChI=1S/C20H30O4/c1-3-4-5-6-7-8-9-10-11-12-15-19(24-18(2)21)16-13-14-17-20(22)23/h19H,3-9,13-14,16-17H2,1-2H3,(H,22,23)/t19-/m0/s1. The van der Waals surface area contributed by atoms with Crippen LogP contribution in [0.2, 0.25) is 0 Å². The maximum Gasteiger partial charge on any atom is 0.303 e. The Kier molecular flexibility index (Phi) is 14.6. The average Bonchev–Trinajstić information content (AvgIpc) is 2.52. The topological polar surface area (TPSA) is 63.6 Å². The van der Waals surface area contributed by atoms with Crippen LogP contribution < -0.4 is 0 Å². The number of carboxylic acids is 1. The highest BCUT2D eigenvalue weighted by Gasteiger charge is 2.08. The van der Waals surface area contributed by atoms with E-state index in [0.29, 0.717) is 19.3 Å². The summed E-state index contributed by atoms with van der Waals surface area (Å²) in [5.41, 5.74) is 0. The molecule has 0 aromatic carbocycles. The number of aliphatic carboxylic acids is 1. The minimum absolute atomic E-state index is 0.123. The lowest BCUT2D eigenvalue weighted by atomic mass is 10.1. The second kappa shape index (κ2) is 15.9. The van der Waals surface area contributed by atoms with E-state index in [1.54, 1.807) is 0 Å². The molecule has 0 saturated heterocycles. The summed E-state index contributed by atoms with van der Waals surface area (Å²) in [6, 6.07) is 0. The number of rotatable bonds is 12. The fraction of sp³-hybridized carbons (Fsp3) is 0.700. The second-order valence-electron chi connectivity index (χ2n) is 5.83. The minimum atomic E-state index is -0.814. The first-order valence-corrected chi connectivity index (χ1v) is 8.93. The van der Waals surface area contributed by atoms with E-state index in [1.165, 1.54) is 39.0 Å². The molecule has 0 saturated carbocycles. The first-order chi connectivity index (χ1) is 11.6. The lowest BCUT2D eigenvalue weighted by molar-refractivity contribution is -0.144. The molecule has 0 aliphatic heterocycles. The number of hydrogen-bond donors (Lipinski definition) is 1. The SMILES string of the molecule is CCCCCCCCC#CC#C[C@@H](CCCCC(=O)O)OC(C)=O. The van der Waals surface area contributed by atoms with E-state index in [4.69, 9.17) is 9.84 Å². The maximum atomic E-state index is 11.1. The van der Waals surface area contributed by atoms with Crippen LogP contribution in [0.5, 0.6) is 0 Å². The normalized spacial score (nSPS) is 10.8. The van der Waals surface area contributed by atoms with Crippen LogP contribution in [0.25, 0.3) is 0 Å². The van der Waals surface area contributed by atoms with Gasteiger partial charge in [0.1, 0.15) is 0 Å². The number of ether oxygens (including phenoxy) is 1. The molecule has 0 amide bonds. The molecule has 0 fully saturated rings. The number of carboxylic acid groups (broad SMARTS) is 1. The number of carbonyl (C=O) groups is 2. The summed E-state index contributed by atoms with van der Waals surface area (Å²) in [6.45, 7) is 3.55. The van der Waals surface area contributed by atoms with Crippen molar-refractivity contribution < 1.29 is 19.4 Å². The highest BCUT2D eigenvalue weighted by Crippen LogP contribution is 2.07. The Hall–Kier alpha value is -1.94. The van der Waals surface area contributed by atoms with Gasteiger partial charge in [0.25, 0.3) is 0 Å². The zero-order valence-corrected chi connectivity index (χ0v) is 15.0. The van der Waals surface area contributed by atoms with E-state index in [0.717, 1.165) is 12.8 Å². The number of hydrogen-bond acceptors (Lipinski definition) is 3. The molecule has 0 bridgehead atoms. The third-order valence-corrected chi connectivity index (χ3v) is 3.45. The van der Waals surface area contributed by atoms with Crippen molar-refractivity contribution in [3.63, 3.8) is 0 Å². The van der Waals surface area contributed by atoms with Crippen molar-refractivity contribution in [3.05, 3.63) is 0 Å². The maximum absolute atomic E-state index is 11.1. The van der Waals surface area contributed by atoms with Gasteiger partial charge in [-0.05, 0) is 43.4 Å². The lowest BCUT2D eigenvalue weighted by Gasteiger charge is -2.09. The van der Waals surface area contributed by atoms with E-state index >= 15 is 0 Å². The van der Waals surface area contributed by atoms with Crippen LogP contribution in [0.3, 0.4) is 0 Å². The smallest absolute Gasteiger partial charge is 0.303 e. The number of carbonyl (C=O) groups excluding carboxylic acids is 1. The molecule has 1 N–H and O–H groups in total. The van der Waals surface area contributed by atoms with E-state index in [1.807, 2.05) is 0 Å². The minimum Gasteiger partial charge on any atom is -0.481 e. The van der Waals surface area contributed by atoms with Crippen molar-refractivity contribution in [1.29, 1.82) is 0 Å². The summed E-state index contributed by atoms with van der Waals surface area (Å²) >= 11 is 0. The number of unbranched alkanes of at least 4 members (excludes halogenated alkanes) is 7. The molecule has 0 unspecified atom stereocenters. The fourth-order valence-corrected chi connectivity index (χ4v) is 2.18. The van der Waals surface area contributed by atoms with Crippen LogP contribution >= 0.6 is 0 Å². The van der Waals surface area contributed by atoms with Gasteiger partial charge in [-0.1, -0.05) is 44.9 Å². The molecule has 0 heterocycles. The molecule has 24 heavy (non-hydrogen) atoms. The van der Waals surface area contributed by atoms with Crippen LogP contribution in [0.1, 0.15) is 84.5 Å². The van der Waals surface area contributed by atoms with Gasteiger partial charge in [0.15, 0.2) is 6.10 Å². The zero-order chi connectivity index (χ0) is 18.0. The summed E-state index contributed by atoms with van der Waals surface area (Å²) in [4.78, 5) is 21.5. The lowest BCUT2D eigenvalue weighted by Crippen LogP contribution is -2.14. The van der Waals surface area contributed by atoms with Gasteiger partial charge in [0.2, 0.25) is 0 Å². The average molecular weight is 334 g/mol. The molecule has 0 spiro atoms. The Morgan fingerprint density at radius 1 is 1.00 bits per heavy atom. The Morgan fingerprint density at radius 3 is 2.38 bits per heavy atom. The molecule has 134 valence electrons. The Balaban J connectivity index is 4.03. The molecule has 0 rings (SSSR count). The van der Waals surface area contributed by atoms with Gasteiger partial charge in [-0.25, -0.2) is 0 Å². The van der Waals surface area contributed by atoms with Crippen molar-refractivity contribution in [2.45, 2.75) is 90.6 Å². The molecule has 4 heteroatoms. The predicted molar refractivity (Wildman–Crippen MR) is 95.2 cm³/mol. The van der Waals surface area contributed by atoms with Crippen molar-refractivity contribution in [2.24, 2.45) is 0 Å². The summed E-state index contributed by atoms with van der Waals surface area (Å²) < 4.78 is 5.11. The van der Waals surface area contributed by atoms with Gasteiger partial charge in [-0.15, -0.1) is 0 Å². The third kappa shape index (κ3) is 16.4. The molecule has 0 aliphatic carbocycles. The Bertz CT molecular complexity index is 473. The largest absolute Gasteiger partial charge is 0.481 e. The van der Waals surface area contributed by atoms with Crippen LogP contribution in [0, 0.1) is 23.7 Å². The second-order valence-corrected chi connectivity index (χ2v) is 5.83. The van der Waals surface area contributed by atoms with Gasteiger partial charge in [0, 0.05) is 19.8 Å². The summed E-state index contributed by atoms with van der Waals surface area (Å²) in [5, 5.41) is 8.60. The molecule has 1 atom stereocenters. The Morgan fingerprint density at radius 2 is 1.71 bits per heavy atom. The molecular formula is C20H30O4. The molecule has 4 nitrogen and oxygen atoms in total. The van der Waals surface area contributed by atoms with Crippen LogP contribution in [-0.2, 0) is 14.3 Å². The van der Waals surface area contributed by atoms with E-state index in [2.05, 4.69) is 30.6 Å². The molecule has 0 aliphatic rings. The van der Waals surface area contributed by atoms with E-state index < -0.39 is 12.1 Å². The van der Waals surface area contributed by atoms with Gasteiger partial charge < -0.3 is 9.84 Å². The van der Waals surface area contributed by atoms with E-state index in [-0.39, 0.29) is 12.4 Å². The van der Waals surface area contributed by atoms with Crippen molar-refractivity contribution >= 4 is 11.9 Å². The predicted octanol–water partition coefficient (Wildman–Crippen LogP) is 4.32. The summed E-state index contributed by atoms with van der Waals surface area (Å²) in [6.07, 6.45) is 9.66. The van der Waals surface area contributed by atoms with Crippen molar-refractivity contribution in [1.82, 2.24) is 0 Å². The fourth-order valence-electron chi connectivity index (χ4n) is 2.18. The highest BCUT2D eigenvalue weighted by molar-refractivity contribution is 5.67. The third-order valence-electron chi connectivity index (χ3n) is 3.45. The Labute approximate surface area is 146 Å². The van der Waals surface area contributed by atoms with Crippen LogP contribution in [0.15, 0.2) is 0 Å². The molecule has 0 aromatic rings. The molecule has 0 aromatic heterocycles. The van der Waals surface area contributed by atoms with Gasteiger partial charge >= 0.3 is 11.9 Å². The zero-order valence-electron chi connectivity index (χ0n) is 15.0.